The minimum absolute atomic E-state index is 0.356. The number of primary amides is 1. The molecule has 1 heterocycles. The number of carbonyl (C=O) groups excluding carboxylic acids is 2. The highest BCUT2D eigenvalue weighted by molar-refractivity contribution is 5.82. The van der Waals surface area contributed by atoms with E-state index >= 15 is 0 Å². The summed E-state index contributed by atoms with van der Waals surface area (Å²) in [6, 6.07) is 8.17. The molecule has 2 atom stereocenters. The summed E-state index contributed by atoms with van der Waals surface area (Å²) in [5, 5.41) is 0. The largest absolute Gasteiger partial charge is 0.372 e. The fraction of sp³-hybridized carbons (Fsp3) is 0.652. The van der Waals surface area contributed by atoms with Crippen molar-refractivity contribution in [2.75, 3.05) is 38.6 Å². The van der Waals surface area contributed by atoms with Gasteiger partial charge in [0.05, 0.1) is 5.92 Å². The molecule has 2 N–H and O–H groups in total. The Labute approximate surface area is 170 Å². The zero-order valence-electron chi connectivity index (χ0n) is 17.8. The zero-order chi connectivity index (χ0) is 20.5. The third-order valence-corrected chi connectivity index (χ3v) is 6.26. The summed E-state index contributed by atoms with van der Waals surface area (Å²) in [5.74, 6) is 0.898. The summed E-state index contributed by atoms with van der Waals surface area (Å²) in [6.07, 6.45) is 6.73. The number of anilines is 1. The molecule has 2 rings (SSSR count). The highest BCUT2D eigenvalue weighted by atomic mass is 16.1. The van der Waals surface area contributed by atoms with Crippen LogP contribution in [0.3, 0.4) is 0 Å². The molecular formula is C23H37N3O2. The van der Waals surface area contributed by atoms with E-state index in [4.69, 9.17) is 5.73 Å². The van der Waals surface area contributed by atoms with Crippen molar-refractivity contribution in [2.24, 2.45) is 17.6 Å². The summed E-state index contributed by atoms with van der Waals surface area (Å²) in [6.45, 7) is 5.68. The van der Waals surface area contributed by atoms with Gasteiger partial charge in [0.25, 0.3) is 0 Å². The molecule has 28 heavy (non-hydrogen) atoms. The molecule has 2 unspecified atom stereocenters. The van der Waals surface area contributed by atoms with Gasteiger partial charge in [0.15, 0.2) is 0 Å². The Morgan fingerprint density at radius 1 is 1.21 bits per heavy atom. The third kappa shape index (κ3) is 6.33. The van der Waals surface area contributed by atoms with Crippen molar-refractivity contribution in [3.05, 3.63) is 29.8 Å². The molecule has 5 heteroatoms. The monoisotopic (exact) mass is 387 g/mol. The van der Waals surface area contributed by atoms with Gasteiger partial charge in [-0.1, -0.05) is 25.5 Å². The van der Waals surface area contributed by atoms with Crippen molar-refractivity contribution >= 4 is 17.9 Å². The normalized spacial score (nSPS) is 17.5. The second-order valence-electron chi connectivity index (χ2n) is 8.38. The Bertz CT molecular complexity index is 607. The first-order valence-electron chi connectivity index (χ1n) is 10.7. The first kappa shape index (κ1) is 22.4. The standard InChI is InChI=1S/C23H37N3O2/c1-4-18(11-14-25(2)3)19-12-15-26(16-13-19)21-9-7-20(8-10-21)22(23(24)28)6-5-17-27/h7-10,17-19,22H,4-6,11-16H2,1-3H3,(H2,24,28). The Morgan fingerprint density at radius 3 is 2.36 bits per heavy atom. The fourth-order valence-electron chi connectivity index (χ4n) is 4.45. The average Bonchev–Trinajstić information content (AvgIpc) is 2.69. The molecular weight excluding hydrogens is 350 g/mol. The zero-order valence-corrected chi connectivity index (χ0v) is 17.8. The van der Waals surface area contributed by atoms with E-state index < -0.39 is 0 Å². The topological polar surface area (TPSA) is 66.6 Å². The number of hydrogen-bond acceptors (Lipinski definition) is 4. The molecule has 1 aromatic rings. The Hall–Kier alpha value is -1.88. The predicted octanol–water partition coefficient (Wildman–Crippen LogP) is 3.43. The quantitative estimate of drug-likeness (QED) is 0.591. The van der Waals surface area contributed by atoms with Crippen LogP contribution in [-0.2, 0) is 9.59 Å². The average molecular weight is 388 g/mol. The number of benzene rings is 1. The summed E-state index contributed by atoms with van der Waals surface area (Å²) in [4.78, 5) is 27.1. The van der Waals surface area contributed by atoms with E-state index in [-0.39, 0.29) is 11.8 Å². The summed E-state index contributed by atoms with van der Waals surface area (Å²) in [7, 11) is 4.31. The van der Waals surface area contributed by atoms with Crippen molar-refractivity contribution in [1.29, 1.82) is 0 Å². The van der Waals surface area contributed by atoms with Crippen LogP contribution in [0.15, 0.2) is 24.3 Å². The van der Waals surface area contributed by atoms with Gasteiger partial charge in [-0.05, 0) is 75.9 Å². The minimum atomic E-state index is -0.382. The number of nitrogens with zero attached hydrogens (tertiary/aromatic N) is 2. The van der Waals surface area contributed by atoms with E-state index in [0.717, 1.165) is 36.8 Å². The van der Waals surface area contributed by atoms with Crippen LogP contribution in [-0.4, -0.2) is 50.8 Å². The van der Waals surface area contributed by atoms with Crippen LogP contribution in [0.2, 0.25) is 0 Å². The molecule has 1 fully saturated rings. The fourth-order valence-corrected chi connectivity index (χ4v) is 4.45. The van der Waals surface area contributed by atoms with E-state index in [9.17, 15) is 9.59 Å². The van der Waals surface area contributed by atoms with Gasteiger partial charge in [0.2, 0.25) is 5.91 Å². The highest BCUT2D eigenvalue weighted by Gasteiger charge is 2.26. The lowest BCUT2D eigenvalue weighted by atomic mass is 9.80. The molecule has 0 bridgehead atoms. The third-order valence-electron chi connectivity index (χ3n) is 6.26. The molecule has 5 nitrogen and oxygen atoms in total. The smallest absolute Gasteiger partial charge is 0.224 e. The number of hydrogen-bond donors (Lipinski definition) is 1. The molecule has 0 saturated carbocycles. The summed E-state index contributed by atoms with van der Waals surface area (Å²) >= 11 is 0. The van der Waals surface area contributed by atoms with Crippen molar-refractivity contribution in [2.45, 2.75) is 51.4 Å². The van der Waals surface area contributed by atoms with Crippen molar-refractivity contribution in [3.8, 4) is 0 Å². The highest BCUT2D eigenvalue weighted by Crippen LogP contribution is 2.32. The van der Waals surface area contributed by atoms with Gasteiger partial charge >= 0.3 is 0 Å². The number of nitrogens with two attached hydrogens (primary N) is 1. The van der Waals surface area contributed by atoms with Gasteiger partial charge in [0.1, 0.15) is 6.29 Å². The van der Waals surface area contributed by atoms with Gasteiger partial charge in [-0.3, -0.25) is 4.79 Å². The Morgan fingerprint density at radius 2 is 1.86 bits per heavy atom. The van der Waals surface area contributed by atoms with Crippen molar-refractivity contribution in [3.63, 3.8) is 0 Å². The lowest BCUT2D eigenvalue weighted by molar-refractivity contribution is -0.119. The lowest BCUT2D eigenvalue weighted by Crippen LogP contribution is -2.36. The van der Waals surface area contributed by atoms with E-state index in [2.05, 4.69) is 43.0 Å². The number of amides is 1. The minimum Gasteiger partial charge on any atom is -0.372 e. The molecule has 1 aliphatic heterocycles. The molecule has 0 aliphatic carbocycles. The van der Waals surface area contributed by atoms with Gasteiger partial charge in [-0.25, -0.2) is 0 Å². The van der Waals surface area contributed by atoms with Crippen LogP contribution >= 0.6 is 0 Å². The number of rotatable bonds is 11. The molecule has 1 saturated heterocycles. The van der Waals surface area contributed by atoms with E-state index in [1.165, 1.54) is 37.9 Å². The first-order valence-corrected chi connectivity index (χ1v) is 10.7. The Balaban J connectivity index is 1.93. The van der Waals surface area contributed by atoms with Gasteiger partial charge in [0, 0.05) is 25.2 Å². The lowest BCUT2D eigenvalue weighted by Gasteiger charge is -2.37. The molecule has 0 aromatic heterocycles. The number of carbonyl (C=O) groups is 2. The number of piperidine rings is 1. The molecule has 0 spiro atoms. The van der Waals surface area contributed by atoms with Gasteiger partial charge < -0.3 is 20.3 Å². The second kappa shape index (κ2) is 11.2. The van der Waals surface area contributed by atoms with Crippen LogP contribution in [0, 0.1) is 11.8 Å². The van der Waals surface area contributed by atoms with Crippen LogP contribution in [0.5, 0.6) is 0 Å². The predicted molar refractivity (Wildman–Crippen MR) is 116 cm³/mol. The maximum Gasteiger partial charge on any atom is 0.224 e. The van der Waals surface area contributed by atoms with Crippen LogP contribution < -0.4 is 10.6 Å². The maximum absolute atomic E-state index is 11.7. The maximum atomic E-state index is 11.7. The molecule has 1 amide bonds. The van der Waals surface area contributed by atoms with Crippen LogP contribution in [0.4, 0.5) is 5.69 Å². The molecule has 1 aliphatic rings. The molecule has 156 valence electrons. The van der Waals surface area contributed by atoms with Gasteiger partial charge in [-0.15, -0.1) is 0 Å². The van der Waals surface area contributed by atoms with E-state index in [1.807, 2.05) is 12.1 Å². The van der Waals surface area contributed by atoms with Crippen molar-refractivity contribution in [1.82, 2.24) is 4.90 Å². The van der Waals surface area contributed by atoms with Crippen LogP contribution in [0.25, 0.3) is 0 Å². The van der Waals surface area contributed by atoms with Gasteiger partial charge in [-0.2, -0.15) is 0 Å². The first-order chi connectivity index (χ1) is 13.5. The molecule has 0 radical (unpaired) electrons. The molecule has 1 aromatic carbocycles. The van der Waals surface area contributed by atoms with E-state index in [1.54, 1.807) is 0 Å². The SMILES string of the molecule is CCC(CCN(C)C)C1CCN(c2ccc(C(CCC=O)C(N)=O)cc2)CC1. The van der Waals surface area contributed by atoms with Crippen LogP contribution in [0.1, 0.15) is 56.9 Å². The van der Waals surface area contributed by atoms with Crippen molar-refractivity contribution < 1.29 is 9.59 Å². The number of aldehydes is 1. The second-order valence-corrected chi connectivity index (χ2v) is 8.38. The Kier molecular flexibility index (Phi) is 8.97. The summed E-state index contributed by atoms with van der Waals surface area (Å²) in [5.41, 5.74) is 7.64. The van der Waals surface area contributed by atoms with E-state index in [0.29, 0.717) is 12.8 Å². The summed E-state index contributed by atoms with van der Waals surface area (Å²) < 4.78 is 0.